The average molecular weight is 208 g/mol. The second-order valence-electron chi connectivity index (χ2n) is 4.33. The number of likely N-dealkylation sites (tertiary alicyclic amines) is 1. The predicted molar refractivity (Wildman–Crippen MR) is 65.8 cm³/mol. The molecule has 0 amide bonds. The Balaban J connectivity index is 2.02. The molecule has 1 aliphatic heterocycles. The molecule has 2 nitrogen and oxygen atoms in total. The van der Waals surface area contributed by atoms with Crippen LogP contribution in [-0.2, 0) is 0 Å². The van der Waals surface area contributed by atoms with Gasteiger partial charge in [-0.05, 0) is 51.9 Å². The van der Waals surface area contributed by atoms with Gasteiger partial charge in [-0.2, -0.15) is 0 Å². The average Bonchev–Trinajstić information content (AvgIpc) is 2.27. The first-order chi connectivity index (χ1) is 7.36. The minimum atomic E-state index is 0.761. The van der Waals surface area contributed by atoms with Gasteiger partial charge in [-0.25, -0.2) is 0 Å². The Kier molecular flexibility index (Phi) is 6.47. The quantitative estimate of drug-likeness (QED) is 0.529. The summed E-state index contributed by atoms with van der Waals surface area (Å²) in [6.45, 7) is 7.04. The molecule has 15 heavy (non-hydrogen) atoms. The van der Waals surface area contributed by atoms with Gasteiger partial charge in [0.2, 0.25) is 0 Å². The van der Waals surface area contributed by atoms with Gasteiger partial charge < -0.3 is 10.2 Å². The summed E-state index contributed by atoms with van der Waals surface area (Å²) in [5.41, 5.74) is 0. The monoisotopic (exact) mass is 208 g/mol. The smallest absolute Gasteiger partial charge is 0.00912 e. The van der Waals surface area contributed by atoms with E-state index in [9.17, 15) is 0 Å². The molecular formula is C13H24N2. The van der Waals surface area contributed by atoms with Gasteiger partial charge in [-0.15, -0.1) is 12.3 Å². The Hall–Kier alpha value is -0.520. The van der Waals surface area contributed by atoms with Gasteiger partial charge in [0.25, 0.3) is 0 Å². The molecular weight excluding hydrogens is 184 g/mol. The molecule has 0 radical (unpaired) electrons. The van der Waals surface area contributed by atoms with Crippen molar-refractivity contribution in [3.05, 3.63) is 0 Å². The molecule has 1 N–H and O–H groups in total. The normalized spacial score (nSPS) is 18.9. The van der Waals surface area contributed by atoms with Crippen molar-refractivity contribution < 1.29 is 0 Å². The SMILES string of the molecule is C#CCCCCN1CCC(NCC)CC1. The molecule has 0 aliphatic carbocycles. The molecule has 1 saturated heterocycles. The van der Waals surface area contributed by atoms with E-state index in [1.807, 2.05) is 0 Å². The van der Waals surface area contributed by atoms with Crippen LogP contribution in [0.2, 0.25) is 0 Å². The molecule has 0 atom stereocenters. The van der Waals surface area contributed by atoms with E-state index in [0.29, 0.717) is 0 Å². The zero-order chi connectivity index (χ0) is 10.9. The molecule has 0 aromatic heterocycles. The number of nitrogens with zero attached hydrogens (tertiary/aromatic N) is 1. The summed E-state index contributed by atoms with van der Waals surface area (Å²) in [4.78, 5) is 2.57. The number of nitrogens with one attached hydrogen (secondary N) is 1. The Morgan fingerprint density at radius 2 is 2.07 bits per heavy atom. The van der Waals surface area contributed by atoms with Crippen LogP contribution in [0, 0.1) is 12.3 Å². The molecule has 0 aromatic carbocycles. The third kappa shape index (κ3) is 5.20. The largest absolute Gasteiger partial charge is 0.314 e. The number of hydrogen-bond donors (Lipinski definition) is 1. The first-order valence-corrected chi connectivity index (χ1v) is 6.26. The fraction of sp³-hybridized carbons (Fsp3) is 0.846. The first-order valence-electron chi connectivity index (χ1n) is 6.26. The van der Waals surface area contributed by atoms with E-state index in [-0.39, 0.29) is 0 Å². The van der Waals surface area contributed by atoms with Gasteiger partial charge in [0.05, 0.1) is 0 Å². The van der Waals surface area contributed by atoms with E-state index < -0.39 is 0 Å². The lowest BCUT2D eigenvalue weighted by atomic mass is 10.0. The van der Waals surface area contributed by atoms with Crippen molar-refractivity contribution in [3.8, 4) is 12.3 Å². The lowest BCUT2D eigenvalue weighted by Crippen LogP contribution is -2.42. The number of unbranched alkanes of at least 4 members (excludes halogenated alkanes) is 2. The number of rotatable bonds is 6. The molecule has 1 aliphatic rings. The summed E-state index contributed by atoms with van der Waals surface area (Å²) in [6.07, 6.45) is 11.2. The lowest BCUT2D eigenvalue weighted by molar-refractivity contribution is 0.196. The molecule has 0 saturated carbocycles. The van der Waals surface area contributed by atoms with Crippen LogP contribution in [0.25, 0.3) is 0 Å². The molecule has 86 valence electrons. The fourth-order valence-corrected chi connectivity index (χ4v) is 2.21. The molecule has 0 spiro atoms. The van der Waals surface area contributed by atoms with Gasteiger partial charge >= 0.3 is 0 Å². The van der Waals surface area contributed by atoms with E-state index in [4.69, 9.17) is 6.42 Å². The molecule has 0 unspecified atom stereocenters. The summed E-state index contributed by atoms with van der Waals surface area (Å²) >= 11 is 0. The lowest BCUT2D eigenvalue weighted by Gasteiger charge is -2.32. The second-order valence-corrected chi connectivity index (χ2v) is 4.33. The number of hydrogen-bond acceptors (Lipinski definition) is 2. The fourth-order valence-electron chi connectivity index (χ4n) is 2.21. The van der Waals surface area contributed by atoms with Gasteiger partial charge in [-0.1, -0.05) is 6.92 Å². The Bertz CT molecular complexity index is 187. The molecule has 0 bridgehead atoms. The van der Waals surface area contributed by atoms with Crippen LogP contribution in [0.3, 0.4) is 0 Å². The van der Waals surface area contributed by atoms with Crippen molar-refractivity contribution >= 4 is 0 Å². The number of terminal acetylenes is 1. The summed E-state index contributed by atoms with van der Waals surface area (Å²) in [7, 11) is 0. The van der Waals surface area contributed by atoms with Crippen LogP contribution in [0.1, 0.15) is 39.0 Å². The van der Waals surface area contributed by atoms with Crippen LogP contribution >= 0.6 is 0 Å². The Morgan fingerprint density at radius 3 is 2.67 bits per heavy atom. The van der Waals surface area contributed by atoms with Crippen LogP contribution in [0.5, 0.6) is 0 Å². The summed E-state index contributed by atoms with van der Waals surface area (Å²) in [5, 5.41) is 3.53. The molecule has 1 rings (SSSR count). The maximum absolute atomic E-state index is 5.23. The minimum absolute atomic E-state index is 0.761. The Labute approximate surface area is 94.4 Å². The zero-order valence-electron chi connectivity index (χ0n) is 9.97. The molecule has 2 heteroatoms. The highest BCUT2D eigenvalue weighted by Crippen LogP contribution is 2.11. The van der Waals surface area contributed by atoms with Gasteiger partial charge in [0, 0.05) is 12.5 Å². The van der Waals surface area contributed by atoms with E-state index in [0.717, 1.165) is 19.0 Å². The summed E-state index contributed by atoms with van der Waals surface area (Å²) in [5.74, 6) is 2.70. The minimum Gasteiger partial charge on any atom is -0.314 e. The van der Waals surface area contributed by atoms with Gasteiger partial charge in [0.1, 0.15) is 0 Å². The van der Waals surface area contributed by atoms with Crippen LogP contribution < -0.4 is 5.32 Å². The van der Waals surface area contributed by atoms with Crippen molar-refractivity contribution in [2.75, 3.05) is 26.2 Å². The third-order valence-corrected chi connectivity index (χ3v) is 3.13. The van der Waals surface area contributed by atoms with Crippen molar-refractivity contribution in [1.82, 2.24) is 10.2 Å². The van der Waals surface area contributed by atoms with E-state index in [1.54, 1.807) is 0 Å². The maximum atomic E-state index is 5.23. The highest BCUT2D eigenvalue weighted by molar-refractivity contribution is 4.83. The second kappa shape index (κ2) is 7.73. The van der Waals surface area contributed by atoms with Gasteiger partial charge in [-0.3, -0.25) is 0 Å². The van der Waals surface area contributed by atoms with Crippen LogP contribution in [-0.4, -0.2) is 37.1 Å². The molecule has 1 heterocycles. The van der Waals surface area contributed by atoms with Crippen LogP contribution in [0.4, 0.5) is 0 Å². The highest BCUT2D eigenvalue weighted by Gasteiger charge is 2.17. The topological polar surface area (TPSA) is 15.3 Å². The van der Waals surface area contributed by atoms with Crippen molar-refractivity contribution in [3.63, 3.8) is 0 Å². The maximum Gasteiger partial charge on any atom is 0.00912 e. The predicted octanol–water partition coefficient (Wildman–Crippen LogP) is 1.86. The van der Waals surface area contributed by atoms with Crippen molar-refractivity contribution in [2.24, 2.45) is 0 Å². The summed E-state index contributed by atoms with van der Waals surface area (Å²) in [6, 6.07) is 0.761. The van der Waals surface area contributed by atoms with Crippen molar-refractivity contribution in [1.29, 1.82) is 0 Å². The standard InChI is InChI=1S/C13H24N2/c1-3-5-6-7-10-15-11-8-13(9-12-15)14-4-2/h1,13-14H,4-12H2,2H3. The van der Waals surface area contributed by atoms with Gasteiger partial charge in [0.15, 0.2) is 0 Å². The first kappa shape index (κ1) is 12.5. The van der Waals surface area contributed by atoms with E-state index >= 15 is 0 Å². The zero-order valence-corrected chi connectivity index (χ0v) is 9.97. The third-order valence-electron chi connectivity index (χ3n) is 3.13. The van der Waals surface area contributed by atoms with E-state index in [2.05, 4.69) is 23.1 Å². The van der Waals surface area contributed by atoms with E-state index in [1.165, 1.54) is 45.3 Å². The summed E-state index contributed by atoms with van der Waals surface area (Å²) < 4.78 is 0. The van der Waals surface area contributed by atoms with Crippen molar-refractivity contribution in [2.45, 2.75) is 45.1 Å². The molecule has 1 fully saturated rings. The van der Waals surface area contributed by atoms with Crippen LogP contribution in [0.15, 0.2) is 0 Å². The molecule has 0 aromatic rings. The highest BCUT2D eigenvalue weighted by atomic mass is 15.1. The Morgan fingerprint density at radius 1 is 1.33 bits per heavy atom. The number of piperidine rings is 1.